The second-order valence-electron chi connectivity index (χ2n) is 17.8. The van der Waals surface area contributed by atoms with E-state index in [0.29, 0.717) is 6.54 Å². The Hall–Kier alpha value is -6.17. The van der Waals surface area contributed by atoms with E-state index in [9.17, 15) is 5.11 Å². The first-order chi connectivity index (χ1) is 29.1. The third-order valence-electron chi connectivity index (χ3n) is 11.3. The molecule has 5 nitrogen and oxygen atoms in total. The van der Waals surface area contributed by atoms with Crippen molar-refractivity contribution < 1.29 is 5.11 Å². The van der Waals surface area contributed by atoms with Gasteiger partial charge in [-0.2, -0.15) is 0 Å². The molecule has 61 heavy (non-hydrogen) atoms. The molecule has 0 fully saturated rings. The average Bonchev–Trinajstić information content (AvgIpc) is 3.20. The third kappa shape index (κ3) is 11.6. The summed E-state index contributed by atoms with van der Waals surface area (Å²) in [6.45, 7) is 26.4. The number of phenols is 1. The molecule has 1 N–H and O–H groups in total. The normalized spacial score (nSPS) is 12.0. The number of hydrogen-bond acceptors (Lipinski definition) is 5. The number of benzene rings is 6. The molecule has 5 heteroatoms. The number of anilines is 5. The molecule has 0 saturated heterocycles. The van der Waals surface area contributed by atoms with Gasteiger partial charge in [0.1, 0.15) is 5.75 Å². The fourth-order valence-corrected chi connectivity index (χ4v) is 8.08. The van der Waals surface area contributed by atoms with Gasteiger partial charge in [0.2, 0.25) is 0 Å². The van der Waals surface area contributed by atoms with E-state index in [1.54, 1.807) is 0 Å². The summed E-state index contributed by atoms with van der Waals surface area (Å²) in [5, 5.41) is 11.2. The van der Waals surface area contributed by atoms with E-state index in [-0.39, 0.29) is 11.2 Å². The summed E-state index contributed by atoms with van der Waals surface area (Å²) < 4.78 is 0. The molecule has 6 aromatic rings. The van der Waals surface area contributed by atoms with E-state index in [4.69, 9.17) is 4.99 Å². The number of aryl methyl sites for hydroxylation is 6. The van der Waals surface area contributed by atoms with Crippen LogP contribution in [0.5, 0.6) is 5.75 Å². The van der Waals surface area contributed by atoms with Gasteiger partial charge in [0, 0.05) is 65.5 Å². The molecular weight excluding hydrogens is 745 g/mol. The highest BCUT2D eigenvalue weighted by atomic mass is 16.3. The lowest BCUT2D eigenvalue weighted by atomic mass is 9.92. The van der Waals surface area contributed by atoms with Crippen LogP contribution >= 0.6 is 0 Å². The number of hydrogen-bond donors (Lipinski definition) is 1. The zero-order valence-electron chi connectivity index (χ0n) is 38.1. The molecule has 0 aliphatic carbocycles. The monoisotopic (exact) mass is 809 g/mol. The number of phenolic OH excluding ortho intramolecular Hbond substituents is 1. The van der Waals surface area contributed by atoms with E-state index < -0.39 is 0 Å². The van der Waals surface area contributed by atoms with Crippen LogP contribution in [0.2, 0.25) is 0 Å². The van der Waals surface area contributed by atoms with Crippen LogP contribution in [-0.4, -0.2) is 42.9 Å². The smallest absolute Gasteiger partial charge is 0.124 e. The minimum Gasteiger partial charge on any atom is -0.507 e. The summed E-state index contributed by atoms with van der Waals surface area (Å²) in [4.78, 5) is 11.8. The quantitative estimate of drug-likeness (QED) is 0.0781. The predicted octanol–water partition coefficient (Wildman–Crippen LogP) is 14.4. The molecule has 0 aromatic heterocycles. The van der Waals surface area contributed by atoms with Crippen LogP contribution in [0.25, 0.3) is 11.1 Å². The Kier molecular flexibility index (Phi) is 14.2. The zero-order valence-corrected chi connectivity index (χ0v) is 38.1. The predicted molar refractivity (Wildman–Crippen MR) is 263 cm³/mol. The molecule has 0 bridgehead atoms. The summed E-state index contributed by atoms with van der Waals surface area (Å²) in [5.74, 6) is 0.229. The maximum Gasteiger partial charge on any atom is 0.124 e. The van der Waals surface area contributed by atoms with Gasteiger partial charge < -0.3 is 19.8 Å². The van der Waals surface area contributed by atoms with Gasteiger partial charge in [-0.15, -0.1) is 0 Å². The number of nitrogens with zero attached hydrogens (tertiary/aromatic N) is 4. The Labute approximate surface area is 366 Å². The molecule has 0 saturated carbocycles. The lowest BCUT2D eigenvalue weighted by molar-refractivity contribution is 0.218. The highest BCUT2D eigenvalue weighted by Gasteiger charge is 2.21. The van der Waals surface area contributed by atoms with Gasteiger partial charge in [0.15, 0.2) is 0 Å². The fourth-order valence-electron chi connectivity index (χ4n) is 8.08. The van der Waals surface area contributed by atoms with Crippen molar-refractivity contribution in [2.75, 3.05) is 36.5 Å². The van der Waals surface area contributed by atoms with Gasteiger partial charge in [-0.1, -0.05) is 103 Å². The molecule has 0 aliphatic heterocycles. The summed E-state index contributed by atoms with van der Waals surface area (Å²) >= 11 is 0. The van der Waals surface area contributed by atoms with Crippen LogP contribution in [-0.2, 0) is 0 Å². The van der Waals surface area contributed by atoms with Crippen LogP contribution in [0.1, 0.15) is 66.1 Å². The Morgan fingerprint density at radius 1 is 0.639 bits per heavy atom. The summed E-state index contributed by atoms with van der Waals surface area (Å²) in [6.07, 6.45) is 4.96. The van der Waals surface area contributed by atoms with Crippen LogP contribution in [0.3, 0.4) is 0 Å². The molecule has 0 heterocycles. The van der Waals surface area contributed by atoms with Crippen LogP contribution in [0.15, 0.2) is 156 Å². The fraction of sp³-hybridized carbons (Fsp3) is 0.268. The van der Waals surface area contributed by atoms with E-state index >= 15 is 0 Å². The van der Waals surface area contributed by atoms with Crippen molar-refractivity contribution in [2.24, 2.45) is 10.4 Å². The molecule has 6 aromatic carbocycles. The molecule has 6 rings (SSSR count). The molecule has 0 spiro atoms. The Balaban J connectivity index is 1.08. The third-order valence-corrected chi connectivity index (χ3v) is 11.3. The van der Waals surface area contributed by atoms with Gasteiger partial charge in [-0.25, -0.2) is 0 Å². The van der Waals surface area contributed by atoms with Crippen LogP contribution in [0.4, 0.5) is 28.4 Å². The first-order valence-corrected chi connectivity index (χ1v) is 21.4. The SMILES string of the molecule is C=C(/C=C(/C)CCN(C)CC(C)(C)C/N=C/c1ccc(-c2c(C)cc(N(c3ccc(C)cc3)c3ccc(C)cc3)cc2C)cc1O)N(c1ccc(C)cc1)c1ccc(C)cc1. The van der Waals surface area contributed by atoms with Gasteiger partial charge in [0.25, 0.3) is 0 Å². The molecule has 314 valence electrons. The van der Waals surface area contributed by atoms with Gasteiger partial charge in [0.05, 0.1) is 0 Å². The lowest BCUT2D eigenvalue weighted by Gasteiger charge is -2.29. The highest BCUT2D eigenvalue weighted by molar-refractivity contribution is 5.87. The maximum absolute atomic E-state index is 11.2. The van der Waals surface area contributed by atoms with Crippen molar-refractivity contribution in [3.8, 4) is 16.9 Å². The zero-order chi connectivity index (χ0) is 43.8. The summed E-state index contributed by atoms with van der Waals surface area (Å²) in [6, 6.07) is 45.0. The van der Waals surface area contributed by atoms with E-state index in [0.717, 1.165) is 81.5 Å². The Morgan fingerprint density at radius 2 is 1.10 bits per heavy atom. The first kappa shape index (κ1) is 44.4. The topological polar surface area (TPSA) is 42.3 Å². The number of aliphatic imine (C=N–C) groups is 1. The minimum absolute atomic E-state index is 0.0588. The Bertz CT molecular complexity index is 2380. The maximum atomic E-state index is 11.2. The average molecular weight is 809 g/mol. The summed E-state index contributed by atoms with van der Waals surface area (Å²) in [5.41, 5.74) is 17.8. The minimum atomic E-state index is -0.0588. The number of rotatable bonds is 16. The van der Waals surface area contributed by atoms with E-state index in [2.05, 4.69) is 212 Å². The second-order valence-corrected chi connectivity index (χ2v) is 17.8. The highest BCUT2D eigenvalue weighted by Crippen LogP contribution is 2.40. The first-order valence-electron chi connectivity index (χ1n) is 21.4. The second kappa shape index (κ2) is 19.5. The standard InChI is InChI=1S/C56H64N4O/c1-39-12-22-49(23-13-39)59(50-24-14-40(2)15-25-50)46(8)32-43(5)30-31-58(11)38-56(9,10)37-57-36-48-21-20-47(35-54(48)61)55-44(6)33-53(34-45(55)7)60(51-26-16-41(3)17-27-51)52-28-18-42(4)19-29-52/h12-29,32-36,61H,8,30-31,37-38H2,1-7,9-11H3/b43-32-,57-36+. The van der Waals surface area contributed by atoms with Crippen molar-refractivity contribution in [3.05, 3.63) is 190 Å². The van der Waals surface area contributed by atoms with Crippen LogP contribution in [0, 0.1) is 47.0 Å². The number of aromatic hydroxyl groups is 1. The largest absolute Gasteiger partial charge is 0.507 e. The van der Waals surface area contributed by atoms with Gasteiger partial charge in [-0.3, -0.25) is 4.99 Å². The lowest BCUT2D eigenvalue weighted by Crippen LogP contribution is -2.34. The molecule has 0 atom stereocenters. The van der Waals surface area contributed by atoms with E-state index in [1.165, 1.54) is 27.8 Å². The van der Waals surface area contributed by atoms with Gasteiger partial charge >= 0.3 is 0 Å². The van der Waals surface area contributed by atoms with Crippen molar-refractivity contribution in [1.29, 1.82) is 0 Å². The molecular formula is C56H64N4O. The van der Waals surface area contributed by atoms with Crippen LogP contribution < -0.4 is 9.80 Å². The summed E-state index contributed by atoms with van der Waals surface area (Å²) in [7, 11) is 2.18. The molecule has 0 aliphatic rings. The Morgan fingerprint density at radius 3 is 1.56 bits per heavy atom. The molecule has 0 unspecified atom stereocenters. The van der Waals surface area contributed by atoms with Crippen molar-refractivity contribution >= 4 is 34.7 Å². The van der Waals surface area contributed by atoms with Crippen molar-refractivity contribution in [1.82, 2.24) is 4.90 Å². The van der Waals surface area contributed by atoms with Gasteiger partial charge in [-0.05, 0) is 168 Å². The molecule has 0 amide bonds. The molecule has 0 radical (unpaired) electrons. The van der Waals surface area contributed by atoms with E-state index in [1.807, 2.05) is 18.3 Å². The van der Waals surface area contributed by atoms with Crippen molar-refractivity contribution in [2.45, 2.75) is 68.7 Å². The van der Waals surface area contributed by atoms with Crippen molar-refractivity contribution in [3.63, 3.8) is 0 Å². The number of allylic oxidation sites excluding steroid dienone is 1.